The summed E-state index contributed by atoms with van der Waals surface area (Å²) in [6.45, 7) is 4.03. The van der Waals surface area contributed by atoms with Gasteiger partial charge in [-0.1, -0.05) is 24.1 Å². The molecule has 2 nitrogen and oxygen atoms in total. The van der Waals surface area contributed by atoms with Gasteiger partial charge in [0.05, 0.1) is 5.69 Å². The van der Waals surface area contributed by atoms with E-state index in [9.17, 15) is 0 Å². The molecule has 0 bridgehead atoms. The van der Waals surface area contributed by atoms with E-state index in [1.54, 1.807) is 6.20 Å². The van der Waals surface area contributed by atoms with Crippen molar-refractivity contribution in [2.75, 3.05) is 0 Å². The van der Waals surface area contributed by atoms with E-state index in [0.29, 0.717) is 5.82 Å². The lowest BCUT2D eigenvalue weighted by Gasteiger charge is -2.04. The first-order chi connectivity index (χ1) is 8.74. The predicted octanol–water partition coefficient (Wildman–Crippen LogP) is 3.55. The van der Waals surface area contributed by atoms with Gasteiger partial charge in [-0.25, -0.2) is 9.97 Å². The minimum Gasteiger partial charge on any atom is -0.237 e. The fraction of sp³-hybridized carbons (Fsp3) is 0.125. The van der Waals surface area contributed by atoms with Crippen molar-refractivity contribution in [3.63, 3.8) is 0 Å². The van der Waals surface area contributed by atoms with Gasteiger partial charge in [0.1, 0.15) is 0 Å². The van der Waals surface area contributed by atoms with Crippen LogP contribution in [0, 0.1) is 12.3 Å². The van der Waals surface area contributed by atoms with E-state index < -0.39 is 0 Å². The Balaban J connectivity index is 2.48. The zero-order valence-electron chi connectivity index (χ0n) is 10.5. The van der Waals surface area contributed by atoms with Gasteiger partial charge >= 0.3 is 0 Å². The maximum absolute atomic E-state index is 5.40. The lowest BCUT2D eigenvalue weighted by molar-refractivity contribution is 1.15. The molecule has 0 aliphatic carbocycles. The maximum atomic E-state index is 5.40. The molecule has 0 aliphatic heterocycles. The lowest BCUT2D eigenvalue weighted by atomic mass is 10.1. The monoisotopic (exact) mass is 234 g/mol. The molecular formula is C16H14N2. The highest BCUT2D eigenvalue weighted by molar-refractivity contribution is 5.64. The number of allylic oxidation sites excluding steroid dienone is 2. The first-order valence-electron chi connectivity index (χ1n) is 5.78. The summed E-state index contributed by atoms with van der Waals surface area (Å²) >= 11 is 0. The highest BCUT2D eigenvalue weighted by Gasteiger charge is 2.04. The van der Waals surface area contributed by atoms with Crippen molar-refractivity contribution in [1.29, 1.82) is 0 Å². The molecule has 18 heavy (non-hydrogen) atoms. The van der Waals surface area contributed by atoms with Crippen molar-refractivity contribution in [2.24, 2.45) is 0 Å². The normalized spacial score (nSPS) is 11.1. The summed E-state index contributed by atoms with van der Waals surface area (Å²) in [5.41, 5.74) is 3.85. The molecule has 2 rings (SSSR count). The predicted molar refractivity (Wildman–Crippen MR) is 74.7 cm³/mol. The van der Waals surface area contributed by atoms with Crippen LogP contribution in [0.1, 0.15) is 25.1 Å². The second-order valence-corrected chi connectivity index (χ2v) is 3.96. The fourth-order valence-corrected chi connectivity index (χ4v) is 1.61. The van der Waals surface area contributed by atoms with Crippen molar-refractivity contribution >= 4 is 5.57 Å². The summed E-state index contributed by atoms with van der Waals surface area (Å²) in [7, 11) is 0. The highest BCUT2D eigenvalue weighted by atomic mass is 14.9. The van der Waals surface area contributed by atoms with Crippen LogP contribution in [0.2, 0.25) is 0 Å². The van der Waals surface area contributed by atoms with Crippen LogP contribution >= 0.6 is 0 Å². The average Bonchev–Trinajstić information content (AvgIpc) is 2.46. The van der Waals surface area contributed by atoms with E-state index in [4.69, 9.17) is 6.42 Å². The third kappa shape index (κ3) is 2.46. The Kier molecular flexibility index (Phi) is 3.54. The number of hydrogen-bond acceptors (Lipinski definition) is 2. The molecule has 2 heteroatoms. The summed E-state index contributed by atoms with van der Waals surface area (Å²) in [6, 6.07) is 9.60. The van der Waals surface area contributed by atoms with Gasteiger partial charge < -0.3 is 0 Å². The fourth-order valence-electron chi connectivity index (χ4n) is 1.61. The summed E-state index contributed by atoms with van der Waals surface area (Å²) in [5, 5.41) is 0. The van der Waals surface area contributed by atoms with Crippen LogP contribution in [-0.2, 0) is 0 Å². The smallest absolute Gasteiger partial charge is 0.159 e. The SMILES string of the molecule is C#Cc1cccc(-c2nccc(/C(C)=C/C)n2)c1. The van der Waals surface area contributed by atoms with Crippen LogP contribution in [0.25, 0.3) is 17.0 Å². The van der Waals surface area contributed by atoms with Gasteiger partial charge in [0.25, 0.3) is 0 Å². The van der Waals surface area contributed by atoms with E-state index in [1.807, 2.05) is 50.3 Å². The van der Waals surface area contributed by atoms with E-state index in [0.717, 1.165) is 22.4 Å². The zero-order chi connectivity index (χ0) is 13.0. The van der Waals surface area contributed by atoms with Gasteiger partial charge in [0.15, 0.2) is 5.82 Å². The molecule has 0 radical (unpaired) electrons. The zero-order valence-corrected chi connectivity index (χ0v) is 10.5. The summed E-state index contributed by atoms with van der Waals surface area (Å²) in [6.07, 6.45) is 9.20. The lowest BCUT2D eigenvalue weighted by Crippen LogP contribution is -1.93. The summed E-state index contributed by atoms with van der Waals surface area (Å²) in [4.78, 5) is 8.84. The number of terminal acetylenes is 1. The Bertz CT molecular complexity index is 634. The average molecular weight is 234 g/mol. The third-order valence-corrected chi connectivity index (χ3v) is 2.78. The van der Waals surface area contributed by atoms with Crippen molar-refractivity contribution in [3.05, 3.63) is 53.9 Å². The van der Waals surface area contributed by atoms with Crippen LogP contribution in [0.4, 0.5) is 0 Å². The first kappa shape index (κ1) is 12.1. The molecule has 0 atom stereocenters. The van der Waals surface area contributed by atoms with E-state index in [1.165, 1.54) is 0 Å². The summed E-state index contributed by atoms with van der Waals surface area (Å²) < 4.78 is 0. The van der Waals surface area contributed by atoms with Crippen molar-refractivity contribution in [2.45, 2.75) is 13.8 Å². The molecule has 0 saturated heterocycles. The number of benzene rings is 1. The molecule has 0 aliphatic rings. The van der Waals surface area contributed by atoms with E-state index in [2.05, 4.69) is 15.9 Å². The van der Waals surface area contributed by atoms with Crippen LogP contribution in [0.5, 0.6) is 0 Å². The van der Waals surface area contributed by atoms with Gasteiger partial charge in [-0.05, 0) is 37.6 Å². The van der Waals surface area contributed by atoms with Crippen molar-refractivity contribution < 1.29 is 0 Å². The number of aromatic nitrogens is 2. The van der Waals surface area contributed by atoms with Crippen molar-refractivity contribution in [1.82, 2.24) is 9.97 Å². The van der Waals surface area contributed by atoms with Gasteiger partial charge in [0.2, 0.25) is 0 Å². The highest BCUT2D eigenvalue weighted by Crippen LogP contribution is 2.18. The molecule has 2 aromatic rings. The Morgan fingerprint density at radius 1 is 1.33 bits per heavy atom. The Morgan fingerprint density at radius 2 is 2.17 bits per heavy atom. The second kappa shape index (κ2) is 5.29. The third-order valence-electron chi connectivity index (χ3n) is 2.78. The Labute approximate surface area is 107 Å². The number of nitrogens with zero attached hydrogens (tertiary/aromatic N) is 2. The number of hydrogen-bond donors (Lipinski definition) is 0. The van der Waals surface area contributed by atoms with Gasteiger partial charge in [0, 0.05) is 17.3 Å². The largest absolute Gasteiger partial charge is 0.237 e. The van der Waals surface area contributed by atoms with Crippen LogP contribution in [-0.4, -0.2) is 9.97 Å². The molecule has 1 aromatic heterocycles. The van der Waals surface area contributed by atoms with Crippen LogP contribution < -0.4 is 0 Å². The molecule has 0 unspecified atom stereocenters. The molecule has 88 valence electrons. The minimum atomic E-state index is 0.700. The second-order valence-electron chi connectivity index (χ2n) is 3.96. The molecule has 0 amide bonds. The van der Waals surface area contributed by atoms with Gasteiger partial charge in [-0.2, -0.15) is 0 Å². The maximum Gasteiger partial charge on any atom is 0.159 e. The Morgan fingerprint density at radius 3 is 2.89 bits per heavy atom. The molecule has 0 fully saturated rings. The molecule has 1 aromatic carbocycles. The van der Waals surface area contributed by atoms with Crippen molar-refractivity contribution in [3.8, 4) is 23.7 Å². The molecule has 0 saturated carbocycles. The number of rotatable bonds is 2. The quantitative estimate of drug-likeness (QED) is 0.743. The topological polar surface area (TPSA) is 25.8 Å². The van der Waals surface area contributed by atoms with E-state index in [-0.39, 0.29) is 0 Å². The standard InChI is InChI=1S/C16H14N2/c1-4-12(3)15-9-10-17-16(18-15)14-8-6-7-13(5-2)11-14/h2,4,6-11H,1,3H3/b12-4+. The molecule has 0 N–H and O–H groups in total. The van der Waals surface area contributed by atoms with Crippen LogP contribution in [0.3, 0.4) is 0 Å². The minimum absolute atomic E-state index is 0.700. The Hall–Kier alpha value is -2.40. The van der Waals surface area contributed by atoms with Crippen LogP contribution in [0.15, 0.2) is 42.6 Å². The molecule has 0 spiro atoms. The van der Waals surface area contributed by atoms with Gasteiger partial charge in [-0.3, -0.25) is 0 Å². The first-order valence-corrected chi connectivity index (χ1v) is 5.78. The van der Waals surface area contributed by atoms with E-state index >= 15 is 0 Å². The molecular weight excluding hydrogens is 220 g/mol. The van der Waals surface area contributed by atoms with Gasteiger partial charge in [-0.15, -0.1) is 6.42 Å². The summed E-state index contributed by atoms with van der Waals surface area (Å²) in [5.74, 6) is 3.32. The molecule has 1 heterocycles.